The first-order valence-corrected chi connectivity index (χ1v) is 14.0. The lowest BCUT2D eigenvalue weighted by Crippen LogP contribution is -2.36. The standard InChI is InChI=1S/C29H45N.C3H8/c1-21-11-12-23(19-25(21)20-30)13-14-24-10-8-18-29(6)26(15-16-27(24)29)22(2)9-7-17-28(3,4)5;1-3-2/h13-14,22,25-27H,1,7-12,15-19H2,2-6H3;3H2,1-2H3/b23-13-,24-14+;. The minimum Gasteiger partial charge on any atom is -0.198 e. The Kier molecular flexibility index (Phi) is 10.5. The van der Waals surface area contributed by atoms with Crippen LogP contribution in [0.2, 0.25) is 0 Å². The average molecular weight is 452 g/mol. The fraction of sp³-hybridized carbons (Fsp3) is 0.781. The van der Waals surface area contributed by atoms with Gasteiger partial charge in [-0.05, 0) is 86.4 Å². The van der Waals surface area contributed by atoms with Crippen molar-refractivity contribution in [3.8, 4) is 6.07 Å². The lowest BCUT2D eigenvalue weighted by molar-refractivity contribution is 0.0920. The normalized spacial score (nSPS) is 33.3. The molecular weight excluding hydrogens is 398 g/mol. The molecule has 0 aromatic rings. The fourth-order valence-electron chi connectivity index (χ4n) is 6.89. The maximum Gasteiger partial charge on any atom is 0.0707 e. The van der Waals surface area contributed by atoms with Crippen LogP contribution in [-0.4, -0.2) is 0 Å². The van der Waals surface area contributed by atoms with Crippen LogP contribution < -0.4 is 0 Å². The second kappa shape index (κ2) is 12.4. The van der Waals surface area contributed by atoms with Gasteiger partial charge >= 0.3 is 0 Å². The molecule has 5 atom stereocenters. The number of rotatable bonds is 5. The van der Waals surface area contributed by atoms with Gasteiger partial charge in [-0.25, -0.2) is 0 Å². The Morgan fingerprint density at radius 3 is 2.48 bits per heavy atom. The molecule has 3 aliphatic rings. The third-order valence-electron chi connectivity index (χ3n) is 8.73. The highest BCUT2D eigenvalue weighted by Crippen LogP contribution is 2.60. The van der Waals surface area contributed by atoms with Crippen molar-refractivity contribution in [1.82, 2.24) is 0 Å². The number of nitrogens with zero attached hydrogens (tertiary/aromatic N) is 1. The summed E-state index contributed by atoms with van der Waals surface area (Å²) in [5.74, 6) is 2.55. The van der Waals surface area contributed by atoms with Gasteiger partial charge in [0.25, 0.3) is 0 Å². The van der Waals surface area contributed by atoms with Crippen molar-refractivity contribution in [2.45, 2.75) is 126 Å². The van der Waals surface area contributed by atoms with Crippen LogP contribution in [0.25, 0.3) is 0 Å². The summed E-state index contributed by atoms with van der Waals surface area (Å²) in [6.45, 7) is 20.6. The predicted molar refractivity (Wildman–Crippen MR) is 145 cm³/mol. The van der Waals surface area contributed by atoms with E-state index in [4.69, 9.17) is 0 Å². The van der Waals surface area contributed by atoms with Crippen molar-refractivity contribution in [3.05, 3.63) is 35.5 Å². The molecule has 3 rings (SSSR count). The Morgan fingerprint density at radius 2 is 1.85 bits per heavy atom. The van der Waals surface area contributed by atoms with E-state index in [0.717, 1.165) is 42.6 Å². The molecule has 1 nitrogen and oxygen atoms in total. The van der Waals surface area contributed by atoms with Gasteiger partial charge in [0, 0.05) is 0 Å². The molecule has 3 fully saturated rings. The smallest absolute Gasteiger partial charge is 0.0707 e. The summed E-state index contributed by atoms with van der Waals surface area (Å²) in [6.07, 6.45) is 20.1. The van der Waals surface area contributed by atoms with E-state index in [-0.39, 0.29) is 5.92 Å². The Bertz CT molecular complexity index is 739. The van der Waals surface area contributed by atoms with Crippen LogP contribution in [0.4, 0.5) is 0 Å². The SMILES string of the molecule is C=C1CC/C(=C/C=C2\CCCC3(C)C2CCC3C(C)CCCC(C)(C)C)CC1C#N.CCC. The average Bonchev–Trinajstić information content (AvgIpc) is 3.10. The summed E-state index contributed by atoms with van der Waals surface area (Å²) in [6, 6.07) is 2.45. The van der Waals surface area contributed by atoms with Crippen LogP contribution in [0.1, 0.15) is 126 Å². The van der Waals surface area contributed by atoms with Crippen LogP contribution in [0.15, 0.2) is 35.5 Å². The maximum atomic E-state index is 9.39. The van der Waals surface area contributed by atoms with Gasteiger partial charge in [0.05, 0.1) is 12.0 Å². The zero-order chi connectivity index (χ0) is 24.6. The van der Waals surface area contributed by atoms with E-state index in [1.165, 1.54) is 63.4 Å². The summed E-state index contributed by atoms with van der Waals surface area (Å²) >= 11 is 0. The highest BCUT2D eigenvalue weighted by molar-refractivity contribution is 5.29. The summed E-state index contributed by atoms with van der Waals surface area (Å²) in [7, 11) is 0. The number of nitriles is 1. The molecule has 0 bridgehead atoms. The molecule has 0 N–H and O–H groups in total. The van der Waals surface area contributed by atoms with Crippen LogP contribution in [0.5, 0.6) is 0 Å². The fourth-order valence-corrected chi connectivity index (χ4v) is 6.89. The van der Waals surface area contributed by atoms with Crippen LogP contribution in [-0.2, 0) is 0 Å². The maximum absolute atomic E-state index is 9.39. The zero-order valence-corrected chi connectivity index (χ0v) is 23.1. The topological polar surface area (TPSA) is 23.8 Å². The van der Waals surface area contributed by atoms with Gasteiger partial charge in [0.2, 0.25) is 0 Å². The molecule has 3 aliphatic carbocycles. The van der Waals surface area contributed by atoms with E-state index in [1.807, 2.05) is 0 Å². The first-order chi connectivity index (χ1) is 15.6. The molecule has 0 radical (unpaired) electrons. The lowest BCUT2D eigenvalue weighted by Gasteiger charge is -2.44. The molecule has 0 aromatic heterocycles. The molecule has 186 valence electrons. The van der Waals surface area contributed by atoms with Crippen molar-refractivity contribution in [2.24, 2.45) is 34.5 Å². The number of hydrogen-bond donors (Lipinski definition) is 0. The Balaban J connectivity index is 0.00000122. The van der Waals surface area contributed by atoms with E-state index >= 15 is 0 Å². The van der Waals surface area contributed by atoms with Gasteiger partial charge in [-0.1, -0.05) is 103 Å². The quantitative estimate of drug-likeness (QED) is 0.381. The first kappa shape index (κ1) is 28.0. The van der Waals surface area contributed by atoms with Gasteiger partial charge in [-0.3, -0.25) is 0 Å². The molecule has 3 saturated carbocycles. The van der Waals surface area contributed by atoms with E-state index in [1.54, 1.807) is 5.57 Å². The van der Waals surface area contributed by atoms with E-state index < -0.39 is 0 Å². The van der Waals surface area contributed by atoms with Gasteiger partial charge in [0.1, 0.15) is 0 Å². The molecule has 0 spiro atoms. The predicted octanol–water partition coefficient (Wildman–Crippen LogP) is 10.2. The zero-order valence-electron chi connectivity index (χ0n) is 23.1. The third-order valence-corrected chi connectivity index (χ3v) is 8.73. The molecule has 0 amide bonds. The van der Waals surface area contributed by atoms with E-state index in [2.05, 4.69) is 73.3 Å². The molecule has 33 heavy (non-hydrogen) atoms. The minimum atomic E-state index is 0.0323. The highest BCUT2D eigenvalue weighted by atomic mass is 14.5. The molecular formula is C32H53N. The first-order valence-electron chi connectivity index (χ1n) is 14.0. The second-order valence-electron chi connectivity index (χ2n) is 12.8. The Labute approximate surface area is 206 Å². The molecule has 0 aromatic carbocycles. The van der Waals surface area contributed by atoms with E-state index in [0.29, 0.717) is 10.8 Å². The summed E-state index contributed by atoms with van der Waals surface area (Å²) < 4.78 is 0. The van der Waals surface area contributed by atoms with Gasteiger partial charge < -0.3 is 0 Å². The molecule has 5 unspecified atom stereocenters. The molecule has 0 saturated heterocycles. The summed E-state index contributed by atoms with van der Waals surface area (Å²) in [4.78, 5) is 0. The van der Waals surface area contributed by atoms with Gasteiger partial charge in [-0.15, -0.1) is 0 Å². The van der Waals surface area contributed by atoms with Gasteiger partial charge in [0.15, 0.2) is 0 Å². The highest BCUT2D eigenvalue weighted by Gasteiger charge is 2.50. The Morgan fingerprint density at radius 1 is 1.15 bits per heavy atom. The Hall–Kier alpha value is -1.29. The lowest BCUT2D eigenvalue weighted by atomic mass is 9.60. The monoisotopic (exact) mass is 451 g/mol. The van der Waals surface area contributed by atoms with Crippen molar-refractivity contribution < 1.29 is 0 Å². The van der Waals surface area contributed by atoms with Crippen molar-refractivity contribution >= 4 is 0 Å². The number of allylic oxidation sites excluding steroid dienone is 5. The largest absolute Gasteiger partial charge is 0.198 e. The van der Waals surface area contributed by atoms with Gasteiger partial charge in [-0.2, -0.15) is 5.26 Å². The summed E-state index contributed by atoms with van der Waals surface area (Å²) in [5, 5.41) is 9.39. The van der Waals surface area contributed by atoms with Crippen LogP contribution >= 0.6 is 0 Å². The number of fused-ring (bicyclic) bond motifs is 1. The van der Waals surface area contributed by atoms with E-state index in [9.17, 15) is 5.26 Å². The second-order valence-corrected chi connectivity index (χ2v) is 12.8. The number of hydrogen-bond acceptors (Lipinski definition) is 1. The van der Waals surface area contributed by atoms with Crippen LogP contribution in [0, 0.1) is 45.8 Å². The summed E-state index contributed by atoms with van der Waals surface area (Å²) in [5.41, 5.74) is 5.26. The molecule has 1 heteroatoms. The minimum absolute atomic E-state index is 0.0323. The van der Waals surface area contributed by atoms with Crippen molar-refractivity contribution in [1.29, 1.82) is 5.26 Å². The third kappa shape index (κ3) is 7.60. The molecule has 0 heterocycles. The van der Waals surface area contributed by atoms with Crippen LogP contribution in [0.3, 0.4) is 0 Å². The molecule has 0 aliphatic heterocycles. The van der Waals surface area contributed by atoms with Crippen molar-refractivity contribution in [2.75, 3.05) is 0 Å². The van der Waals surface area contributed by atoms with Crippen molar-refractivity contribution in [3.63, 3.8) is 0 Å².